The summed E-state index contributed by atoms with van der Waals surface area (Å²) in [5.74, 6) is 0.604. The molecule has 2 N–H and O–H groups in total. The lowest BCUT2D eigenvalue weighted by molar-refractivity contribution is 0.0789. The van der Waals surface area contributed by atoms with E-state index in [1.807, 2.05) is 4.90 Å². The van der Waals surface area contributed by atoms with Gasteiger partial charge in [0.1, 0.15) is 5.75 Å². The van der Waals surface area contributed by atoms with Gasteiger partial charge in [0.25, 0.3) is 5.91 Å². The maximum atomic E-state index is 12.2. The minimum absolute atomic E-state index is 0.0154. The van der Waals surface area contributed by atoms with Gasteiger partial charge < -0.3 is 15.4 Å². The zero-order valence-electron chi connectivity index (χ0n) is 9.40. The topological polar surface area (TPSA) is 55.6 Å². The second-order valence-electron chi connectivity index (χ2n) is 3.96. The van der Waals surface area contributed by atoms with Crippen molar-refractivity contribution < 1.29 is 9.53 Å². The molecule has 1 amide bonds. The van der Waals surface area contributed by atoms with E-state index in [0.717, 1.165) is 25.9 Å². The number of hydrogen-bond acceptors (Lipinski definition) is 3. The average molecular weight is 220 g/mol. The van der Waals surface area contributed by atoms with E-state index in [0.29, 0.717) is 17.0 Å². The first-order valence-corrected chi connectivity index (χ1v) is 5.45. The molecule has 1 aliphatic heterocycles. The molecule has 1 heterocycles. The second-order valence-corrected chi connectivity index (χ2v) is 3.96. The van der Waals surface area contributed by atoms with Crippen molar-refractivity contribution in [2.75, 3.05) is 25.9 Å². The summed E-state index contributed by atoms with van der Waals surface area (Å²) < 4.78 is 5.18. The standard InChI is InChI=1S/C12H16N2O2/c1-16-11-5-4-9(13)8-10(11)12(15)14-6-2-3-7-14/h4-5,8H,2-3,6-7,13H2,1H3. The second kappa shape index (κ2) is 4.43. The SMILES string of the molecule is COc1ccc(N)cc1C(=O)N1CCCC1. The molecule has 1 aromatic carbocycles. The number of amides is 1. The number of nitrogens with zero attached hydrogens (tertiary/aromatic N) is 1. The summed E-state index contributed by atoms with van der Waals surface area (Å²) in [4.78, 5) is 14.0. The fraction of sp³-hybridized carbons (Fsp3) is 0.417. The molecule has 1 aliphatic rings. The third-order valence-electron chi connectivity index (χ3n) is 2.85. The van der Waals surface area contributed by atoms with E-state index in [1.165, 1.54) is 0 Å². The Kier molecular flexibility index (Phi) is 2.99. The zero-order valence-corrected chi connectivity index (χ0v) is 9.40. The molecule has 1 saturated heterocycles. The van der Waals surface area contributed by atoms with Crippen LogP contribution in [-0.4, -0.2) is 31.0 Å². The monoisotopic (exact) mass is 220 g/mol. The molecule has 0 unspecified atom stereocenters. The third-order valence-corrected chi connectivity index (χ3v) is 2.85. The van der Waals surface area contributed by atoms with Crippen molar-refractivity contribution in [1.82, 2.24) is 4.90 Å². The van der Waals surface area contributed by atoms with Crippen molar-refractivity contribution in [2.45, 2.75) is 12.8 Å². The molecule has 0 spiro atoms. The molecule has 0 aliphatic carbocycles. The number of anilines is 1. The van der Waals surface area contributed by atoms with Crippen LogP contribution in [0.2, 0.25) is 0 Å². The lowest BCUT2D eigenvalue weighted by atomic mass is 10.1. The quantitative estimate of drug-likeness (QED) is 0.769. The maximum absolute atomic E-state index is 12.2. The van der Waals surface area contributed by atoms with Crippen molar-refractivity contribution >= 4 is 11.6 Å². The molecule has 16 heavy (non-hydrogen) atoms. The molecular formula is C12H16N2O2. The fourth-order valence-electron chi connectivity index (χ4n) is 1.98. The van der Waals surface area contributed by atoms with Crippen LogP contribution in [0.15, 0.2) is 18.2 Å². The van der Waals surface area contributed by atoms with E-state index in [-0.39, 0.29) is 5.91 Å². The van der Waals surface area contributed by atoms with Crippen LogP contribution in [0.3, 0.4) is 0 Å². The van der Waals surface area contributed by atoms with Crippen LogP contribution in [0.4, 0.5) is 5.69 Å². The number of benzene rings is 1. The summed E-state index contributed by atoms with van der Waals surface area (Å²) in [5.41, 5.74) is 6.84. The summed E-state index contributed by atoms with van der Waals surface area (Å²) in [6.45, 7) is 1.66. The van der Waals surface area contributed by atoms with Crippen molar-refractivity contribution in [3.63, 3.8) is 0 Å². The van der Waals surface area contributed by atoms with Gasteiger partial charge in [-0.15, -0.1) is 0 Å². The lowest BCUT2D eigenvalue weighted by Gasteiger charge is -2.17. The van der Waals surface area contributed by atoms with Crippen molar-refractivity contribution in [2.24, 2.45) is 0 Å². The first kappa shape index (κ1) is 10.8. The van der Waals surface area contributed by atoms with Gasteiger partial charge in [-0.3, -0.25) is 4.79 Å². The van der Waals surface area contributed by atoms with Gasteiger partial charge in [0.2, 0.25) is 0 Å². The summed E-state index contributed by atoms with van der Waals surface area (Å²) in [6.07, 6.45) is 2.16. The Morgan fingerprint density at radius 1 is 1.38 bits per heavy atom. The number of nitrogens with two attached hydrogens (primary N) is 1. The van der Waals surface area contributed by atoms with Crippen LogP contribution >= 0.6 is 0 Å². The Labute approximate surface area is 95.0 Å². The molecule has 86 valence electrons. The predicted molar refractivity (Wildman–Crippen MR) is 62.5 cm³/mol. The van der Waals surface area contributed by atoms with Crippen molar-refractivity contribution in [1.29, 1.82) is 0 Å². The molecule has 4 heteroatoms. The number of nitrogen functional groups attached to an aromatic ring is 1. The van der Waals surface area contributed by atoms with Gasteiger partial charge in [-0.2, -0.15) is 0 Å². The van der Waals surface area contributed by atoms with E-state index in [1.54, 1.807) is 25.3 Å². The molecule has 0 radical (unpaired) electrons. The Bertz CT molecular complexity index is 398. The number of likely N-dealkylation sites (tertiary alicyclic amines) is 1. The lowest BCUT2D eigenvalue weighted by Crippen LogP contribution is -2.28. The molecule has 2 rings (SSSR count). The van der Waals surface area contributed by atoms with E-state index < -0.39 is 0 Å². The average Bonchev–Trinajstić information content (AvgIpc) is 2.81. The zero-order chi connectivity index (χ0) is 11.5. The first-order chi connectivity index (χ1) is 7.72. The number of ether oxygens (including phenoxy) is 1. The number of hydrogen-bond donors (Lipinski definition) is 1. The van der Waals surface area contributed by atoms with Gasteiger partial charge in [-0.05, 0) is 31.0 Å². The molecule has 0 saturated carbocycles. The van der Waals surface area contributed by atoms with E-state index in [9.17, 15) is 4.79 Å². The van der Waals surface area contributed by atoms with Crippen LogP contribution < -0.4 is 10.5 Å². The Balaban J connectivity index is 2.30. The van der Waals surface area contributed by atoms with Gasteiger partial charge in [-0.1, -0.05) is 0 Å². The smallest absolute Gasteiger partial charge is 0.257 e. The Morgan fingerprint density at radius 3 is 2.69 bits per heavy atom. The van der Waals surface area contributed by atoms with Gasteiger partial charge in [0.05, 0.1) is 12.7 Å². The highest BCUT2D eigenvalue weighted by atomic mass is 16.5. The highest BCUT2D eigenvalue weighted by Gasteiger charge is 2.22. The number of carbonyl (C=O) groups is 1. The summed E-state index contributed by atoms with van der Waals surface area (Å²) in [6, 6.07) is 5.15. The molecule has 1 fully saturated rings. The van der Waals surface area contributed by atoms with E-state index >= 15 is 0 Å². The van der Waals surface area contributed by atoms with Crippen molar-refractivity contribution in [3.8, 4) is 5.75 Å². The third kappa shape index (κ3) is 1.96. The molecule has 0 atom stereocenters. The molecule has 0 bridgehead atoms. The molecule has 1 aromatic rings. The highest BCUT2D eigenvalue weighted by molar-refractivity contribution is 5.98. The van der Waals surface area contributed by atoms with Gasteiger partial charge in [0, 0.05) is 18.8 Å². The highest BCUT2D eigenvalue weighted by Crippen LogP contribution is 2.24. The largest absolute Gasteiger partial charge is 0.496 e. The number of rotatable bonds is 2. The predicted octanol–water partition coefficient (Wildman–Crippen LogP) is 1.51. The van der Waals surface area contributed by atoms with Gasteiger partial charge in [0.15, 0.2) is 0 Å². The summed E-state index contributed by atoms with van der Waals surface area (Å²) in [5, 5.41) is 0. The van der Waals surface area contributed by atoms with E-state index in [2.05, 4.69) is 0 Å². The number of carbonyl (C=O) groups excluding carboxylic acids is 1. The normalized spacial score (nSPS) is 15.2. The van der Waals surface area contributed by atoms with Crippen LogP contribution in [-0.2, 0) is 0 Å². The van der Waals surface area contributed by atoms with Gasteiger partial charge in [-0.25, -0.2) is 0 Å². The molecular weight excluding hydrogens is 204 g/mol. The fourth-order valence-corrected chi connectivity index (χ4v) is 1.98. The number of methoxy groups -OCH3 is 1. The molecule has 0 aromatic heterocycles. The Morgan fingerprint density at radius 2 is 2.06 bits per heavy atom. The van der Waals surface area contributed by atoms with Crippen molar-refractivity contribution in [3.05, 3.63) is 23.8 Å². The molecule has 4 nitrogen and oxygen atoms in total. The summed E-state index contributed by atoms with van der Waals surface area (Å²) in [7, 11) is 1.56. The van der Waals surface area contributed by atoms with Crippen LogP contribution in [0, 0.1) is 0 Å². The van der Waals surface area contributed by atoms with Crippen LogP contribution in [0.25, 0.3) is 0 Å². The Hall–Kier alpha value is -1.71. The first-order valence-electron chi connectivity index (χ1n) is 5.45. The maximum Gasteiger partial charge on any atom is 0.257 e. The van der Waals surface area contributed by atoms with Crippen LogP contribution in [0.1, 0.15) is 23.2 Å². The minimum atomic E-state index is 0.0154. The van der Waals surface area contributed by atoms with E-state index in [4.69, 9.17) is 10.5 Å². The van der Waals surface area contributed by atoms with Gasteiger partial charge >= 0.3 is 0 Å². The minimum Gasteiger partial charge on any atom is -0.496 e. The summed E-state index contributed by atoms with van der Waals surface area (Å²) >= 11 is 0. The van der Waals surface area contributed by atoms with Crippen LogP contribution in [0.5, 0.6) is 5.75 Å².